The van der Waals surface area contributed by atoms with Gasteiger partial charge in [-0.15, -0.1) is 0 Å². The van der Waals surface area contributed by atoms with Crippen molar-refractivity contribution in [2.75, 3.05) is 5.32 Å². The van der Waals surface area contributed by atoms with Crippen molar-refractivity contribution >= 4 is 5.69 Å². The lowest BCUT2D eigenvalue weighted by molar-refractivity contribution is 0.613. The molecule has 0 saturated carbocycles. The maximum Gasteiger partial charge on any atom is 0.0378 e. The first kappa shape index (κ1) is 7.66. The first-order valence-electron chi connectivity index (χ1n) is 4.68. The van der Waals surface area contributed by atoms with Crippen LogP contribution in [0.2, 0.25) is 0 Å². The highest BCUT2D eigenvalue weighted by atomic mass is 15.0. The molecule has 2 atom stereocenters. The maximum absolute atomic E-state index is 3.50. The normalized spacial score (nSPS) is 26.5. The van der Waals surface area contributed by atoms with Gasteiger partial charge in [0.25, 0.3) is 0 Å². The Bertz CT molecular complexity index is 280. The molecule has 0 aromatic heterocycles. The minimum Gasteiger partial charge on any atom is -0.382 e. The van der Waals surface area contributed by atoms with E-state index < -0.39 is 0 Å². The van der Waals surface area contributed by atoms with Gasteiger partial charge in [-0.05, 0) is 25.0 Å². The van der Waals surface area contributed by atoms with Crippen LogP contribution in [0.1, 0.15) is 31.7 Å². The van der Waals surface area contributed by atoms with E-state index in [1.807, 2.05) is 0 Å². The standard InChI is InChI=1S/C11H15N/c1-3-9-8(2)12-11-7-5-4-6-10(9)11/h4-9,12H,3H2,1-2H3/t8-,9+/m1/s1. The molecule has 1 aromatic carbocycles. The van der Waals surface area contributed by atoms with Gasteiger partial charge in [0.05, 0.1) is 0 Å². The van der Waals surface area contributed by atoms with Gasteiger partial charge in [0.15, 0.2) is 0 Å². The SMILES string of the molecule is CC[C@@H]1c2ccccc2N[C@@H]1C. The first-order chi connectivity index (χ1) is 5.83. The highest BCUT2D eigenvalue weighted by molar-refractivity contribution is 5.58. The van der Waals surface area contributed by atoms with Gasteiger partial charge >= 0.3 is 0 Å². The summed E-state index contributed by atoms with van der Waals surface area (Å²) in [7, 11) is 0. The van der Waals surface area contributed by atoms with Crippen molar-refractivity contribution in [2.45, 2.75) is 32.2 Å². The lowest BCUT2D eigenvalue weighted by Crippen LogP contribution is -2.14. The van der Waals surface area contributed by atoms with Crippen LogP contribution in [0.3, 0.4) is 0 Å². The molecule has 0 amide bonds. The van der Waals surface area contributed by atoms with Gasteiger partial charge in [0.1, 0.15) is 0 Å². The average Bonchev–Trinajstić information content (AvgIpc) is 2.40. The second-order valence-corrected chi connectivity index (χ2v) is 3.54. The maximum atomic E-state index is 3.50. The molecular weight excluding hydrogens is 146 g/mol. The number of rotatable bonds is 1. The van der Waals surface area contributed by atoms with Crippen LogP contribution < -0.4 is 5.32 Å². The number of nitrogens with one attached hydrogen (secondary N) is 1. The summed E-state index contributed by atoms with van der Waals surface area (Å²) in [5, 5.41) is 3.50. The zero-order chi connectivity index (χ0) is 8.55. The Labute approximate surface area is 73.8 Å². The van der Waals surface area contributed by atoms with Crippen molar-refractivity contribution in [3.63, 3.8) is 0 Å². The summed E-state index contributed by atoms with van der Waals surface area (Å²) in [6, 6.07) is 9.23. The summed E-state index contributed by atoms with van der Waals surface area (Å²) in [4.78, 5) is 0. The molecule has 1 nitrogen and oxygen atoms in total. The van der Waals surface area contributed by atoms with E-state index in [0.29, 0.717) is 12.0 Å². The van der Waals surface area contributed by atoms with Crippen molar-refractivity contribution in [2.24, 2.45) is 0 Å². The largest absolute Gasteiger partial charge is 0.382 e. The lowest BCUT2D eigenvalue weighted by atomic mass is 9.94. The Kier molecular flexibility index (Phi) is 1.80. The Morgan fingerprint density at radius 2 is 2.08 bits per heavy atom. The first-order valence-corrected chi connectivity index (χ1v) is 4.68. The molecule has 1 N–H and O–H groups in total. The van der Waals surface area contributed by atoms with Crippen LogP contribution >= 0.6 is 0 Å². The topological polar surface area (TPSA) is 12.0 Å². The number of para-hydroxylation sites is 1. The molecule has 0 spiro atoms. The molecule has 1 aliphatic rings. The third-order valence-electron chi connectivity index (χ3n) is 2.79. The summed E-state index contributed by atoms with van der Waals surface area (Å²) in [6.07, 6.45) is 1.23. The van der Waals surface area contributed by atoms with E-state index in [1.54, 1.807) is 0 Å². The molecule has 1 heterocycles. The summed E-state index contributed by atoms with van der Waals surface area (Å²) in [6.45, 7) is 4.51. The van der Waals surface area contributed by atoms with Crippen molar-refractivity contribution in [1.82, 2.24) is 0 Å². The smallest absolute Gasteiger partial charge is 0.0378 e. The fourth-order valence-corrected chi connectivity index (χ4v) is 2.14. The third kappa shape index (κ3) is 1.01. The van der Waals surface area contributed by atoms with Crippen LogP contribution in [0, 0.1) is 0 Å². The van der Waals surface area contributed by atoms with E-state index in [0.717, 1.165) is 0 Å². The quantitative estimate of drug-likeness (QED) is 0.667. The van der Waals surface area contributed by atoms with Crippen LogP contribution in [0.4, 0.5) is 5.69 Å². The van der Waals surface area contributed by atoms with E-state index in [-0.39, 0.29) is 0 Å². The average molecular weight is 161 g/mol. The van der Waals surface area contributed by atoms with E-state index >= 15 is 0 Å². The van der Waals surface area contributed by atoms with Crippen LogP contribution in [0.25, 0.3) is 0 Å². The van der Waals surface area contributed by atoms with Crippen LogP contribution in [0.15, 0.2) is 24.3 Å². The molecular formula is C11H15N. The fourth-order valence-electron chi connectivity index (χ4n) is 2.14. The fraction of sp³-hybridized carbons (Fsp3) is 0.455. The van der Waals surface area contributed by atoms with Gasteiger partial charge in [-0.3, -0.25) is 0 Å². The number of fused-ring (bicyclic) bond motifs is 1. The molecule has 2 rings (SSSR count). The summed E-state index contributed by atoms with van der Waals surface area (Å²) in [5.41, 5.74) is 2.82. The Morgan fingerprint density at radius 1 is 1.33 bits per heavy atom. The van der Waals surface area contributed by atoms with Gasteiger partial charge in [0, 0.05) is 17.6 Å². The molecule has 1 aliphatic heterocycles. The highest BCUT2D eigenvalue weighted by Gasteiger charge is 2.26. The van der Waals surface area contributed by atoms with Gasteiger partial charge in [-0.25, -0.2) is 0 Å². The predicted molar refractivity (Wildman–Crippen MR) is 52.6 cm³/mol. The molecule has 0 unspecified atom stereocenters. The number of hydrogen-bond acceptors (Lipinski definition) is 1. The van der Waals surface area contributed by atoms with Gasteiger partial charge < -0.3 is 5.32 Å². The third-order valence-corrected chi connectivity index (χ3v) is 2.79. The van der Waals surface area contributed by atoms with E-state index in [9.17, 15) is 0 Å². The summed E-state index contributed by atoms with van der Waals surface area (Å²) >= 11 is 0. The minimum absolute atomic E-state index is 0.604. The highest BCUT2D eigenvalue weighted by Crippen LogP contribution is 2.37. The minimum atomic E-state index is 0.604. The van der Waals surface area contributed by atoms with Crippen molar-refractivity contribution in [3.8, 4) is 0 Å². The predicted octanol–water partition coefficient (Wildman–Crippen LogP) is 2.99. The van der Waals surface area contributed by atoms with Gasteiger partial charge in [0.2, 0.25) is 0 Å². The summed E-state index contributed by atoms with van der Waals surface area (Å²) in [5.74, 6) is 0.709. The van der Waals surface area contributed by atoms with Gasteiger partial charge in [-0.1, -0.05) is 25.1 Å². The zero-order valence-electron chi connectivity index (χ0n) is 7.67. The second kappa shape index (κ2) is 2.81. The Balaban J connectivity index is 2.40. The lowest BCUT2D eigenvalue weighted by Gasteiger charge is -2.12. The summed E-state index contributed by atoms with van der Waals surface area (Å²) < 4.78 is 0. The zero-order valence-corrected chi connectivity index (χ0v) is 7.67. The van der Waals surface area contributed by atoms with Crippen molar-refractivity contribution < 1.29 is 0 Å². The molecule has 0 aliphatic carbocycles. The monoisotopic (exact) mass is 161 g/mol. The number of hydrogen-bond donors (Lipinski definition) is 1. The number of benzene rings is 1. The molecule has 0 fully saturated rings. The molecule has 1 aromatic rings. The van der Waals surface area contributed by atoms with E-state index in [4.69, 9.17) is 0 Å². The molecule has 0 bridgehead atoms. The van der Waals surface area contributed by atoms with E-state index in [1.165, 1.54) is 17.7 Å². The van der Waals surface area contributed by atoms with Crippen LogP contribution in [-0.4, -0.2) is 6.04 Å². The molecule has 12 heavy (non-hydrogen) atoms. The molecule has 1 heteroatoms. The molecule has 0 saturated heterocycles. The second-order valence-electron chi connectivity index (χ2n) is 3.54. The van der Waals surface area contributed by atoms with Gasteiger partial charge in [-0.2, -0.15) is 0 Å². The molecule has 64 valence electrons. The van der Waals surface area contributed by atoms with Crippen LogP contribution in [0.5, 0.6) is 0 Å². The Hall–Kier alpha value is -0.980. The molecule has 0 radical (unpaired) electrons. The van der Waals surface area contributed by atoms with Crippen LogP contribution in [-0.2, 0) is 0 Å². The van der Waals surface area contributed by atoms with E-state index in [2.05, 4.69) is 43.4 Å². The number of anilines is 1. The van der Waals surface area contributed by atoms with Crippen molar-refractivity contribution in [3.05, 3.63) is 29.8 Å². The Morgan fingerprint density at radius 3 is 2.83 bits per heavy atom. The van der Waals surface area contributed by atoms with Crippen molar-refractivity contribution in [1.29, 1.82) is 0 Å².